The first-order chi connectivity index (χ1) is 11.0. The third kappa shape index (κ3) is 4.47. The molecule has 5 heteroatoms. The molecule has 1 N–H and O–H groups in total. The summed E-state index contributed by atoms with van der Waals surface area (Å²) in [6.07, 6.45) is 2.44. The Labute approximate surface area is 138 Å². The summed E-state index contributed by atoms with van der Waals surface area (Å²) in [5, 5.41) is 2.95. The van der Waals surface area contributed by atoms with Gasteiger partial charge in [0.1, 0.15) is 0 Å². The van der Waals surface area contributed by atoms with Crippen LogP contribution in [-0.4, -0.2) is 50.4 Å². The fourth-order valence-corrected chi connectivity index (χ4v) is 2.82. The van der Waals surface area contributed by atoms with Crippen LogP contribution in [0.2, 0.25) is 0 Å². The van der Waals surface area contributed by atoms with Crippen LogP contribution in [0.4, 0.5) is 5.69 Å². The molecule has 0 atom stereocenters. The Hall–Kier alpha value is -2.04. The Morgan fingerprint density at radius 1 is 1.17 bits per heavy atom. The molecule has 1 aliphatic rings. The Morgan fingerprint density at radius 3 is 2.30 bits per heavy atom. The second-order valence-corrected chi connectivity index (χ2v) is 6.30. The predicted octanol–water partition coefficient (Wildman–Crippen LogP) is 2.13. The molecule has 0 aliphatic carbocycles. The van der Waals surface area contributed by atoms with E-state index in [2.05, 4.69) is 5.32 Å². The number of hydrogen-bond donors (Lipinski definition) is 1. The second-order valence-electron chi connectivity index (χ2n) is 6.30. The molecule has 2 amide bonds. The van der Waals surface area contributed by atoms with Crippen molar-refractivity contribution in [2.75, 3.05) is 38.6 Å². The standard InChI is InChI=1S/C18H27N3O2/c1-4-11-19-17(22)14-9-12-21(13-10-14)18(23)15-5-7-16(8-6-15)20(2)3/h5-8,14H,4,9-13H2,1-3H3,(H,19,22). The molecule has 1 heterocycles. The number of likely N-dealkylation sites (tertiary alicyclic amines) is 1. The average molecular weight is 317 g/mol. The van der Waals surface area contributed by atoms with E-state index in [4.69, 9.17) is 0 Å². The molecule has 2 rings (SSSR count). The van der Waals surface area contributed by atoms with E-state index in [1.165, 1.54) is 0 Å². The molecule has 0 saturated carbocycles. The minimum absolute atomic E-state index is 0.0433. The van der Waals surface area contributed by atoms with E-state index in [0.29, 0.717) is 18.7 Å². The van der Waals surface area contributed by atoms with Crippen LogP contribution < -0.4 is 10.2 Å². The minimum Gasteiger partial charge on any atom is -0.378 e. The third-order valence-corrected chi connectivity index (χ3v) is 4.33. The molecule has 0 radical (unpaired) electrons. The maximum atomic E-state index is 12.5. The lowest BCUT2D eigenvalue weighted by atomic mass is 9.95. The Balaban J connectivity index is 1.89. The normalized spacial score (nSPS) is 15.3. The third-order valence-electron chi connectivity index (χ3n) is 4.33. The summed E-state index contributed by atoms with van der Waals surface area (Å²) in [5.74, 6) is 0.235. The summed E-state index contributed by atoms with van der Waals surface area (Å²) < 4.78 is 0. The number of anilines is 1. The largest absolute Gasteiger partial charge is 0.378 e. The van der Waals surface area contributed by atoms with E-state index in [-0.39, 0.29) is 17.7 Å². The van der Waals surface area contributed by atoms with E-state index in [1.807, 2.05) is 55.1 Å². The molecule has 1 aromatic carbocycles. The summed E-state index contributed by atoms with van der Waals surface area (Å²) in [6, 6.07) is 7.66. The van der Waals surface area contributed by atoms with Crippen LogP contribution in [0.15, 0.2) is 24.3 Å². The van der Waals surface area contributed by atoms with Crippen LogP contribution >= 0.6 is 0 Å². The number of rotatable bonds is 5. The molecule has 0 aromatic heterocycles. The first-order valence-electron chi connectivity index (χ1n) is 8.37. The van der Waals surface area contributed by atoms with E-state index >= 15 is 0 Å². The zero-order chi connectivity index (χ0) is 16.8. The van der Waals surface area contributed by atoms with Gasteiger partial charge in [-0.05, 0) is 43.5 Å². The Bertz CT molecular complexity index is 532. The monoisotopic (exact) mass is 317 g/mol. The van der Waals surface area contributed by atoms with Gasteiger partial charge in [-0.15, -0.1) is 0 Å². The van der Waals surface area contributed by atoms with Crippen molar-refractivity contribution >= 4 is 17.5 Å². The highest BCUT2D eigenvalue weighted by atomic mass is 16.2. The van der Waals surface area contributed by atoms with Crippen molar-refractivity contribution in [3.05, 3.63) is 29.8 Å². The van der Waals surface area contributed by atoms with Crippen LogP contribution in [0.1, 0.15) is 36.5 Å². The molecule has 0 bridgehead atoms. The fourth-order valence-electron chi connectivity index (χ4n) is 2.82. The SMILES string of the molecule is CCCNC(=O)C1CCN(C(=O)c2ccc(N(C)C)cc2)CC1. The molecule has 1 aromatic rings. The Kier molecular flexibility index (Phi) is 6.02. The second kappa shape index (κ2) is 7.99. The molecule has 5 nitrogen and oxygen atoms in total. The number of hydrogen-bond acceptors (Lipinski definition) is 3. The lowest BCUT2D eigenvalue weighted by Crippen LogP contribution is -2.43. The number of nitrogens with zero attached hydrogens (tertiary/aromatic N) is 2. The van der Waals surface area contributed by atoms with Crippen molar-refractivity contribution in [3.8, 4) is 0 Å². The van der Waals surface area contributed by atoms with Gasteiger partial charge >= 0.3 is 0 Å². The molecular formula is C18H27N3O2. The van der Waals surface area contributed by atoms with E-state index in [0.717, 1.165) is 31.5 Å². The predicted molar refractivity (Wildman–Crippen MR) is 92.7 cm³/mol. The first-order valence-corrected chi connectivity index (χ1v) is 8.37. The van der Waals surface area contributed by atoms with Gasteiger partial charge in [0.2, 0.25) is 5.91 Å². The van der Waals surface area contributed by atoms with Crippen molar-refractivity contribution in [1.29, 1.82) is 0 Å². The molecule has 1 saturated heterocycles. The molecule has 1 fully saturated rings. The van der Waals surface area contributed by atoms with Crippen molar-refractivity contribution in [3.63, 3.8) is 0 Å². The van der Waals surface area contributed by atoms with E-state index in [9.17, 15) is 9.59 Å². The molecular weight excluding hydrogens is 290 g/mol. The van der Waals surface area contributed by atoms with Gasteiger partial charge in [0.05, 0.1) is 0 Å². The number of piperidine rings is 1. The van der Waals surface area contributed by atoms with Crippen molar-refractivity contribution < 1.29 is 9.59 Å². The summed E-state index contributed by atoms with van der Waals surface area (Å²) in [6.45, 7) is 4.08. The van der Waals surface area contributed by atoms with Crippen LogP contribution in [-0.2, 0) is 4.79 Å². The summed E-state index contributed by atoms with van der Waals surface area (Å²) >= 11 is 0. The van der Waals surface area contributed by atoms with E-state index < -0.39 is 0 Å². The number of nitrogens with one attached hydrogen (secondary N) is 1. The average Bonchev–Trinajstić information content (AvgIpc) is 2.59. The van der Waals surface area contributed by atoms with Crippen LogP contribution in [0.5, 0.6) is 0 Å². The van der Waals surface area contributed by atoms with Crippen LogP contribution in [0.3, 0.4) is 0 Å². The molecule has 0 spiro atoms. The zero-order valence-corrected chi connectivity index (χ0v) is 14.3. The fraction of sp³-hybridized carbons (Fsp3) is 0.556. The van der Waals surface area contributed by atoms with Gasteiger partial charge in [-0.3, -0.25) is 9.59 Å². The lowest BCUT2D eigenvalue weighted by molar-refractivity contribution is -0.126. The number of carbonyl (C=O) groups is 2. The van der Waals surface area contributed by atoms with Crippen molar-refractivity contribution in [2.24, 2.45) is 5.92 Å². The van der Waals surface area contributed by atoms with E-state index in [1.54, 1.807) is 0 Å². The van der Waals surface area contributed by atoms with Gasteiger partial charge in [0, 0.05) is 50.9 Å². The summed E-state index contributed by atoms with van der Waals surface area (Å²) in [4.78, 5) is 28.4. The maximum absolute atomic E-state index is 12.5. The molecule has 23 heavy (non-hydrogen) atoms. The number of benzene rings is 1. The maximum Gasteiger partial charge on any atom is 0.253 e. The minimum atomic E-state index is 0.0433. The topological polar surface area (TPSA) is 52.7 Å². The highest BCUT2D eigenvalue weighted by Crippen LogP contribution is 2.20. The van der Waals surface area contributed by atoms with Crippen LogP contribution in [0.25, 0.3) is 0 Å². The zero-order valence-electron chi connectivity index (χ0n) is 14.3. The van der Waals surface area contributed by atoms with Gasteiger partial charge in [-0.25, -0.2) is 0 Å². The number of carbonyl (C=O) groups excluding carboxylic acids is 2. The van der Waals surface area contributed by atoms with Crippen LogP contribution in [0, 0.1) is 5.92 Å². The summed E-state index contributed by atoms with van der Waals surface area (Å²) in [7, 11) is 3.95. The molecule has 0 unspecified atom stereocenters. The quantitative estimate of drug-likeness (QED) is 0.905. The highest BCUT2D eigenvalue weighted by molar-refractivity contribution is 5.94. The van der Waals surface area contributed by atoms with Gasteiger partial charge in [0.15, 0.2) is 0 Å². The van der Waals surface area contributed by atoms with Gasteiger partial charge < -0.3 is 15.1 Å². The highest BCUT2D eigenvalue weighted by Gasteiger charge is 2.27. The van der Waals surface area contributed by atoms with Crippen molar-refractivity contribution in [2.45, 2.75) is 26.2 Å². The van der Waals surface area contributed by atoms with Gasteiger partial charge in [-0.2, -0.15) is 0 Å². The number of amides is 2. The molecule has 1 aliphatic heterocycles. The molecule has 126 valence electrons. The lowest BCUT2D eigenvalue weighted by Gasteiger charge is -2.31. The van der Waals surface area contributed by atoms with Gasteiger partial charge in [-0.1, -0.05) is 6.92 Å². The summed E-state index contributed by atoms with van der Waals surface area (Å²) in [5.41, 5.74) is 1.79. The van der Waals surface area contributed by atoms with Crippen molar-refractivity contribution in [1.82, 2.24) is 10.2 Å². The Morgan fingerprint density at radius 2 is 1.78 bits per heavy atom. The van der Waals surface area contributed by atoms with Gasteiger partial charge in [0.25, 0.3) is 5.91 Å². The first kappa shape index (κ1) is 17.3. The smallest absolute Gasteiger partial charge is 0.253 e.